The molecule has 0 aromatic rings. The molecule has 1 fully saturated rings. The molecule has 0 saturated carbocycles. The van der Waals surface area contributed by atoms with Gasteiger partial charge in [0.1, 0.15) is 0 Å². The second kappa shape index (κ2) is 5.89. The summed E-state index contributed by atoms with van der Waals surface area (Å²) >= 11 is 0. The number of hydrogen-bond acceptors (Lipinski definition) is 3. The minimum Gasteiger partial charge on any atom is -0.399 e. The molecule has 18 heavy (non-hydrogen) atoms. The number of ether oxygens (including phenoxy) is 1. The Balaban J connectivity index is 2.73. The first-order chi connectivity index (χ1) is 8.29. The van der Waals surface area contributed by atoms with Gasteiger partial charge in [0.25, 0.3) is 0 Å². The van der Waals surface area contributed by atoms with Gasteiger partial charge in [-0.15, -0.1) is 0 Å². The van der Waals surface area contributed by atoms with E-state index in [9.17, 15) is 0 Å². The third-order valence-electron chi connectivity index (χ3n) is 3.89. The maximum atomic E-state index is 6.39. The maximum absolute atomic E-state index is 6.39. The molecule has 0 amide bonds. The third kappa shape index (κ3) is 4.14. The van der Waals surface area contributed by atoms with Crippen molar-refractivity contribution in [1.29, 1.82) is 0 Å². The van der Waals surface area contributed by atoms with Crippen molar-refractivity contribution in [3.8, 4) is 0 Å². The molecule has 2 atom stereocenters. The fraction of sp³-hybridized carbons (Fsp3) is 0.733. The lowest BCUT2D eigenvalue weighted by Gasteiger charge is -2.40. The zero-order valence-corrected chi connectivity index (χ0v) is 12.3. The molecule has 0 radical (unpaired) electrons. The van der Waals surface area contributed by atoms with Crippen LogP contribution in [-0.4, -0.2) is 24.3 Å². The normalized spacial score (nSPS) is 24.3. The van der Waals surface area contributed by atoms with Crippen LogP contribution < -0.4 is 11.1 Å². The van der Waals surface area contributed by atoms with Gasteiger partial charge in [-0.1, -0.05) is 19.6 Å². The van der Waals surface area contributed by atoms with Crippen LogP contribution in [0.2, 0.25) is 0 Å². The highest BCUT2D eigenvalue weighted by atomic mass is 16.5. The Morgan fingerprint density at radius 1 is 1.50 bits per heavy atom. The van der Waals surface area contributed by atoms with Crippen LogP contribution in [0.15, 0.2) is 24.4 Å². The van der Waals surface area contributed by atoms with Gasteiger partial charge in [0.2, 0.25) is 0 Å². The molecule has 1 heterocycles. The minimum atomic E-state index is -0.283. The van der Waals surface area contributed by atoms with E-state index in [1.165, 1.54) is 6.42 Å². The van der Waals surface area contributed by atoms with Gasteiger partial charge in [0.05, 0.1) is 11.2 Å². The highest BCUT2D eigenvalue weighted by Crippen LogP contribution is 2.33. The summed E-state index contributed by atoms with van der Waals surface area (Å²) in [6, 6.07) is 0. The van der Waals surface area contributed by atoms with Crippen LogP contribution in [-0.2, 0) is 4.74 Å². The van der Waals surface area contributed by atoms with E-state index in [2.05, 4.69) is 39.6 Å². The fourth-order valence-corrected chi connectivity index (χ4v) is 2.44. The van der Waals surface area contributed by atoms with Crippen molar-refractivity contribution in [2.75, 3.05) is 13.1 Å². The summed E-state index contributed by atoms with van der Waals surface area (Å²) < 4.78 is 6.39. The molecular weight excluding hydrogens is 224 g/mol. The van der Waals surface area contributed by atoms with Crippen LogP contribution in [0.4, 0.5) is 0 Å². The molecule has 0 aromatic carbocycles. The van der Waals surface area contributed by atoms with Gasteiger partial charge in [0.15, 0.2) is 0 Å². The van der Waals surface area contributed by atoms with Crippen molar-refractivity contribution in [1.82, 2.24) is 5.32 Å². The molecule has 104 valence electrons. The van der Waals surface area contributed by atoms with Crippen LogP contribution >= 0.6 is 0 Å². The smallest absolute Gasteiger partial charge is 0.0843 e. The predicted molar refractivity (Wildman–Crippen MR) is 77.3 cm³/mol. The first-order valence-electron chi connectivity index (χ1n) is 6.83. The molecule has 3 N–H and O–H groups in total. The lowest BCUT2D eigenvalue weighted by molar-refractivity contribution is -0.133. The molecule has 1 aliphatic heterocycles. The van der Waals surface area contributed by atoms with Gasteiger partial charge in [0, 0.05) is 18.2 Å². The molecular formula is C15H28N2O. The van der Waals surface area contributed by atoms with Gasteiger partial charge in [-0.3, -0.25) is 0 Å². The first kappa shape index (κ1) is 15.3. The summed E-state index contributed by atoms with van der Waals surface area (Å²) in [5.74, 6) is 0.567. The van der Waals surface area contributed by atoms with Crippen LogP contribution in [0.3, 0.4) is 0 Å². The van der Waals surface area contributed by atoms with Gasteiger partial charge < -0.3 is 15.8 Å². The Morgan fingerprint density at radius 3 is 2.61 bits per heavy atom. The van der Waals surface area contributed by atoms with Gasteiger partial charge in [-0.2, -0.15) is 0 Å². The zero-order valence-electron chi connectivity index (χ0n) is 12.3. The second-order valence-corrected chi connectivity index (χ2v) is 5.97. The maximum Gasteiger partial charge on any atom is 0.0843 e. The Hall–Kier alpha value is -0.800. The van der Waals surface area contributed by atoms with Crippen LogP contribution in [0, 0.1) is 5.92 Å². The highest BCUT2D eigenvalue weighted by Gasteiger charge is 2.37. The Morgan fingerprint density at radius 2 is 2.17 bits per heavy atom. The molecule has 0 bridgehead atoms. The lowest BCUT2D eigenvalue weighted by atomic mass is 9.88. The quantitative estimate of drug-likeness (QED) is 0.714. The van der Waals surface area contributed by atoms with E-state index in [0.29, 0.717) is 11.6 Å². The number of allylic oxidation sites excluding steroid dienone is 1. The van der Waals surface area contributed by atoms with Crippen LogP contribution in [0.1, 0.15) is 40.5 Å². The molecule has 0 spiro atoms. The molecule has 0 aliphatic carbocycles. The van der Waals surface area contributed by atoms with Gasteiger partial charge in [-0.25, -0.2) is 0 Å². The van der Waals surface area contributed by atoms with Crippen molar-refractivity contribution in [3.63, 3.8) is 0 Å². The van der Waals surface area contributed by atoms with E-state index in [0.717, 1.165) is 19.5 Å². The Bertz CT molecular complexity index is 316. The van der Waals surface area contributed by atoms with Gasteiger partial charge >= 0.3 is 0 Å². The largest absolute Gasteiger partial charge is 0.399 e. The topological polar surface area (TPSA) is 47.3 Å². The summed E-state index contributed by atoms with van der Waals surface area (Å²) in [6.07, 6.45) is 5.96. The van der Waals surface area contributed by atoms with E-state index in [-0.39, 0.29) is 11.2 Å². The van der Waals surface area contributed by atoms with Crippen molar-refractivity contribution in [2.24, 2.45) is 11.7 Å². The monoisotopic (exact) mass is 252 g/mol. The fourth-order valence-electron chi connectivity index (χ4n) is 2.44. The minimum absolute atomic E-state index is 0.130. The average Bonchev–Trinajstić information content (AvgIpc) is 2.80. The van der Waals surface area contributed by atoms with E-state index < -0.39 is 0 Å². The molecule has 3 nitrogen and oxygen atoms in total. The van der Waals surface area contributed by atoms with Crippen molar-refractivity contribution in [2.45, 2.75) is 51.7 Å². The van der Waals surface area contributed by atoms with E-state index in [1.54, 1.807) is 0 Å². The number of nitrogens with one attached hydrogen (secondary N) is 1. The summed E-state index contributed by atoms with van der Waals surface area (Å²) in [5.41, 5.74) is 5.75. The van der Waals surface area contributed by atoms with Gasteiger partial charge in [-0.05, 0) is 46.2 Å². The first-order valence-corrected chi connectivity index (χ1v) is 6.83. The number of nitrogens with two attached hydrogens (primary N) is 1. The SMILES string of the molecule is C=C(N)/C=C\C(C)(CC)OC(C)(C)C1CCNC1. The molecule has 0 aromatic heterocycles. The van der Waals surface area contributed by atoms with Crippen molar-refractivity contribution in [3.05, 3.63) is 24.4 Å². The highest BCUT2D eigenvalue weighted by molar-refractivity contribution is 5.15. The third-order valence-corrected chi connectivity index (χ3v) is 3.89. The van der Waals surface area contributed by atoms with Crippen LogP contribution in [0.25, 0.3) is 0 Å². The van der Waals surface area contributed by atoms with Crippen molar-refractivity contribution < 1.29 is 4.74 Å². The molecule has 2 unspecified atom stereocenters. The predicted octanol–water partition coefficient (Wildman–Crippen LogP) is 2.59. The number of rotatable bonds is 6. The van der Waals surface area contributed by atoms with E-state index in [1.807, 2.05) is 12.2 Å². The summed E-state index contributed by atoms with van der Waals surface area (Å²) in [5, 5.41) is 3.40. The lowest BCUT2D eigenvalue weighted by Crippen LogP contribution is -2.43. The summed E-state index contributed by atoms with van der Waals surface area (Å²) in [4.78, 5) is 0. The number of hydrogen-bond donors (Lipinski definition) is 2. The van der Waals surface area contributed by atoms with Crippen molar-refractivity contribution >= 4 is 0 Å². The average molecular weight is 252 g/mol. The summed E-state index contributed by atoms with van der Waals surface area (Å²) in [7, 11) is 0. The molecule has 1 aliphatic rings. The molecule has 1 saturated heterocycles. The zero-order chi connectivity index (χ0) is 13.8. The molecule has 3 heteroatoms. The second-order valence-electron chi connectivity index (χ2n) is 5.97. The summed E-state index contributed by atoms with van der Waals surface area (Å²) in [6.45, 7) is 14.4. The Labute approximate surface area is 111 Å². The van der Waals surface area contributed by atoms with Crippen LogP contribution in [0.5, 0.6) is 0 Å². The van der Waals surface area contributed by atoms with E-state index in [4.69, 9.17) is 10.5 Å². The van der Waals surface area contributed by atoms with E-state index >= 15 is 0 Å². The molecule has 1 rings (SSSR count). The standard InChI is InChI=1S/C15H28N2O/c1-6-15(5,9-7-12(2)16)18-14(3,4)13-8-10-17-11-13/h7,9,13,17H,2,6,8,10-11,16H2,1,3-5H3/b9-7-. The Kier molecular flexibility index (Phi) is 5.00.